The number of hydrogen-bond acceptors (Lipinski definition) is 4. The van der Waals surface area contributed by atoms with Crippen molar-refractivity contribution in [2.45, 2.75) is 45.6 Å². The van der Waals surface area contributed by atoms with E-state index >= 15 is 0 Å². The maximum atomic E-state index is 12.1. The lowest BCUT2D eigenvalue weighted by atomic mass is 10.0. The maximum absolute atomic E-state index is 12.1. The van der Waals surface area contributed by atoms with Crippen LogP contribution in [0.2, 0.25) is 0 Å². The topological polar surface area (TPSA) is 90.5 Å². The minimum atomic E-state index is -0.851. The molecule has 2 unspecified atom stereocenters. The van der Waals surface area contributed by atoms with Crippen LogP contribution in [0.4, 0.5) is 5.69 Å². The van der Waals surface area contributed by atoms with E-state index in [0.717, 1.165) is 24.1 Å². The van der Waals surface area contributed by atoms with Gasteiger partial charge in [-0.15, -0.1) is 9.24 Å². The molecule has 1 aliphatic rings. The second-order valence-electron chi connectivity index (χ2n) is 6.02. The van der Waals surface area contributed by atoms with Crippen molar-refractivity contribution in [3.8, 4) is 0 Å². The summed E-state index contributed by atoms with van der Waals surface area (Å²) >= 11 is 0. The van der Waals surface area contributed by atoms with Gasteiger partial charge in [-0.1, -0.05) is 31.0 Å². The van der Waals surface area contributed by atoms with Crippen molar-refractivity contribution < 1.29 is 14.7 Å². The second-order valence-corrected chi connectivity index (χ2v) is 6.40. The molecule has 0 radical (unpaired) electrons. The summed E-state index contributed by atoms with van der Waals surface area (Å²) in [5.74, 6) is 0.945. The van der Waals surface area contributed by atoms with E-state index < -0.39 is 5.97 Å². The van der Waals surface area contributed by atoms with Gasteiger partial charge in [-0.25, -0.2) is 5.43 Å². The number of hydrazine groups is 1. The molecule has 0 fully saturated rings. The number of aliphatic carboxylic acids is 1. The molecule has 1 aromatic carbocycles. The lowest BCUT2D eigenvalue weighted by Gasteiger charge is -2.09. The van der Waals surface area contributed by atoms with E-state index in [4.69, 9.17) is 5.11 Å². The van der Waals surface area contributed by atoms with Crippen LogP contribution >= 0.6 is 9.24 Å². The Bertz CT molecular complexity index is 674. The monoisotopic (exact) mass is 391 g/mol. The van der Waals surface area contributed by atoms with Crippen LogP contribution in [0.3, 0.4) is 0 Å². The largest absolute Gasteiger partial charge is 0.481 e. The number of carboxylic acids is 1. The lowest BCUT2D eigenvalue weighted by Crippen LogP contribution is -2.25. The number of fused-ring (bicyclic) bond motifs is 1. The van der Waals surface area contributed by atoms with E-state index in [1.807, 2.05) is 30.9 Å². The molecule has 1 aromatic rings. The summed E-state index contributed by atoms with van der Waals surface area (Å²) in [5, 5.41) is 11.3. The molecule has 0 saturated carbocycles. The van der Waals surface area contributed by atoms with Crippen molar-refractivity contribution in [1.82, 2.24) is 10.7 Å². The Kier molecular flexibility index (Phi) is 11.1. The first-order valence-electron chi connectivity index (χ1n) is 9.16. The first-order chi connectivity index (χ1) is 13.0. The average Bonchev–Trinajstić information content (AvgIpc) is 3.06. The van der Waals surface area contributed by atoms with Crippen molar-refractivity contribution in [3.63, 3.8) is 0 Å². The molecule has 7 heteroatoms. The molecule has 0 bridgehead atoms. The quantitative estimate of drug-likeness (QED) is 0.305. The smallest absolute Gasteiger partial charge is 0.303 e. The number of anilines is 1. The SMILES string of the molecule is C/C=C\CC1NNc2ccc(C(=O)NCCCC(=O)O)cc21.CC/C=C/P. The standard InChI is InChI=1S/C16H21N3O3.C4H9P/c1-2-3-5-13-12-10-11(7-8-14(12)19-18-13)16(22)17-9-4-6-15(20)21;1-2-3-4-5/h2-3,7-8,10,13,18-19H,4-6,9H2,1H3,(H,17,22)(H,20,21);3-4H,2,5H2,1H3/b3-2-;4-3+. The zero-order valence-corrected chi connectivity index (χ0v) is 17.2. The number of benzene rings is 1. The van der Waals surface area contributed by atoms with Crippen LogP contribution in [0, 0.1) is 0 Å². The van der Waals surface area contributed by atoms with Gasteiger partial charge in [0.2, 0.25) is 0 Å². The van der Waals surface area contributed by atoms with E-state index in [2.05, 4.69) is 44.5 Å². The predicted octanol–water partition coefficient (Wildman–Crippen LogP) is 4.00. The number of carbonyl (C=O) groups excluding carboxylic acids is 1. The van der Waals surface area contributed by atoms with Gasteiger partial charge >= 0.3 is 5.97 Å². The van der Waals surface area contributed by atoms with E-state index in [-0.39, 0.29) is 18.4 Å². The van der Waals surface area contributed by atoms with Gasteiger partial charge in [0.15, 0.2) is 0 Å². The molecule has 148 valence electrons. The summed E-state index contributed by atoms with van der Waals surface area (Å²) < 4.78 is 0. The number of allylic oxidation sites excluding steroid dienone is 2. The van der Waals surface area contributed by atoms with E-state index in [0.29, 0.717) is 18.5 Å². The Hall–Kier alpha value is -2.17. The molecule has 1 amide bonds. The summed E-state index contributed by atoms with van der Waals surface area (Å²) in [5.41, 5.74) is 8.94. The molecular formula is C20H30N3O3P. The van der Waals surface area contributed by atoms with Crippen LogP contribution in [0.5, 0.6) is 0 Å². The number of carboxylic acid groups (broad SMARTS) is 1. The molecular weight excluding hydrogens is 361 g/mol. The van der Waals surface area contributed by atoms with Gasteiger partial charge in [-0.3, -0.25) is 9.59 Å². The Morgan fingerprint density at radius 1 is 1.33 bits per heavy atom. The molecule has 1 aliphatic heterocycles. The predicted molar refractivity (Wildman–Crippen MR) is 114 cm³/mol. The highest BCUT2D eigenvalue weighted by Gasteiger charge is 2.21. The van der Waals surface area contributed by atoms with Crippen molar-refractivity contribution >= 4 is 26.8 Å². The molecule has 2 rings (SSSR count). The number of rotatable bonds is 8. The van der Waals surface area contributed by atoms with Crippen molar-refractivity contribution in [2.75, 3.05) is 12.0 Å². The third-order valence-electron chi connectivity index (χ3n) is 3.90. The molecule has 6 nitrogen and oxygen atoms in total. The molecule has 0 aromatic heterocycles. The van der Waals surface area contributed by atoms with Crippen LogP contribution in [0.15, 0.2) is 42.2 Å². The van der Waals surface area contributed by atoms with Gasteiger partial charge in [-0.05, 0) is 49.9 Å². The van der Waals surface area contributed by atoms with Gasteiger partial charge in [-0.2, -0.15) is 0 Å². The Balaban J connectivity index is 0.000000646. The maximum Gasteiger partial charge on any atom is 0.303 e. The highest BCUT2D eigenvalue weighted by Crippen LogP contribution is 2.31. The van der Waals surface area contributed by atoms with Crippen LogP contribution < -0.4 is 16.2 Å². The van der Waals surface area contributed by atoms with Crippen LogP contribution in [-0.4, -0.2) is 23.5 Å². The van der Waals surface area contributed by atoms with E-state index in [1.165, 1.54) is 0 Å². The number of amides is 1. The van der Waals surface area contributed by atoms with Crippen LogP contribution in [0.1, 0.15) is 61.5 Å². The van der Waals surface area contributed by atoms with Crippen LogP contribution in [-0.2, 0) is 4.79 Å². The fraction of sp³-hybridized carbons (Fsp3) is 0.400. The lowest BCUT2D eigenvalue weighted by molar-refractivity contribution is -0.137. The molecule has 0 spiro atoms. The fourth-order valence-electron chi connectivity index (χ4n) is 2.49. The van der Waals surface area contributed by atoms with Crippen molar-refractivity contribution in [2.24, 2.45) is 0 Å². The van der Waals surface area contributed by atoms with Gasteiger partial charge in [0.25, 0.3) is 5.91 Å². The number of nitrogens with one attached hydrogen (secondary N) is 3. The zero-order chi connectivity index (χ0) is 20.1. The van der Waals surface area contributed by atoms with Crippen LogP contribution in [0.25, 0.3) is 0 Å². The van der Waals surface area contributed by atoms with Gasteiger partial charge in [0.1, 0.15) is 0 Å². The van der Waals surface area contributed by atoms with Gasteiger partial charge in [0, 0.05) is 18.5 Å². The normalized spacial score (nSPS) is 15.1. The second kappa shape index (κ2) is 13.1. The third kappa shape index (κ3) is 8.37. The fourth-order valence-corrected chi connectivity index (χ4v) is 2.76. The van der Waals surface area contributed by atoms with E-state index in [1.54, 1.807) is 6.07 Å². The minimum absolute atomic E-state index is 0.0593. The summed E-state index contributed by atoms with van der Waals surface area (Å²) in [6.07, 6.45) is 8.64. The number of carbonyl (C=O) groups is 2. The highest BCUT2D eigenvalue weighted by atomic mass is 31.0. The van der Waals surface area contributed by atoms with Crippen molar-refractivity contribution in [3.05, 3.63) is 53.4 Å². The summed E-state index contributed by atoms with van der Waals surface area (Å²) in [4.78, 5) is 22.5. The molecule has 2 atom stereocenters. The molecule has 0 aliphatic carbocycles. The molecule has 1 heterocycles. The third-order valence-corrected chi connectivity index (χ3v) is 4.17. The van der Waals surface area contributed by atoms with Crippen molar-refractivity contribution in [1.29, 1.82) is 0 Å². The highest BCUT2D eigenvalue weighted by molar-refractivity contribution is 7.20. The zero-order valence-electron chi connectivity index (χ0n) is 16.0. The first-order valence-corrected chi connectivity index (χ1v) is 9.83. The Labute approximate surface area is 163 Å². The molecule has 4 N–H and O–H groups in total. The Morgan fingerprint density at radius 2 is 2.11 bits per heavy atom. The summed E-state index contributed by atoms with van der Waals surface area (Å²) in [7, 11) is 2.52. The van der Waals surface area contributed by atoms with Gasteiger partial charge in [0.05, 0.1) is 11.7 Å². The van der Waals surface area contributed by atoms with E-state index in [9.17, 15) is 9.59 Å². The molecule has 27 heavy (non-hydrogen) atoms. The summed E-state index contributed by atoms with van der Waals surface area (Å²) in [6, 6.07) is 5.66. The number of hydrogen-bond donors (Lipinski definition) is 4. The summed E-state index contributed by atoms with van der Waals surface area (Å²) in [6.45, 7) is 4.45. The average molecular weight is 391 g/mol. The Morgan fingerprint density at radius 3 is 2.70 bits per heavy atom. The first kappa shape index (κ1) is 22.9. The minimum Gasteiger partial charge on any atom is -0.481 e. The molecule has 0 saturated heterocycles. The van der Waals surface area contributed by atoms with Gasteiger partial charge < -0.3 is 15.8 Å².